The van der Waals surface area contributed by atoms with Gasteiger partial charge in [0.05, 0.1) is 41.3 Å². The number of carbonyl (C=O) groups excluding carboxylic acids is 1. The normalized spacial score (nSPS) is 10.5. The van der Waals surface area contributed by atoms with Gasteiger partial charge in [-0.1, -0.05) is 70.9 Å². The largest absolute Gasteiger partial charge is 0.493 e. The van der Waals surface area contributed by atoms with Gasteiger partial charge in [0.25, 0.3) is 0 Å². The molecule has 1 heterocycles. The number of nitrogens with zero attached hydrogens (tertiary/aromatic N) is 2. The van der Waals surface area contributed by atoms with Gasteiger partial charge in [0.2, 0.25) is 5.91 Å². The molecule has 6 nitrogen and oxygen atoms in total. The van der Waals surface area contributed by atoms with Crippen LogP contribution in [0.25, 0.3) is 22.4 Å². The van der Waals surface area contributed by atoms with Gasteiger partial charge in [-0.05, 0) is 48.9 Å². The number of hydrogen-bond donors (Lipinski definition) is 1. The van der Waals surface area contributed by atoms with E-state index in [9.17, 15) is 10.1 Å². The predicted octanol–water partition coefficient (Wildman–Crippen LogP) is 7.65. The Morgan fingerprint density at radius 3 is 2.32 bits per heavy atom. The molecule has 1 amide bonds. The van der Waals surface area contributed by atoms with Gasteiger partial charge in [0, 0.05) is 16.8 Å². The number of aryl methyl sites for hydroxylation is 1. The minimum absolute atomic E-state index is 0.0324. The topological polar surface area (TPSA) is 84.2 Å². The van der Waals surface area contributed by atoms with Crippen molar-refractivity contribution in [1.29, 1.82) is 5.26 Å². The minimum atomic E-state index is -0.271. The Labute approximate surface area is 235 Å². The van der Waals surface area contributed by atoms with Crippen LogP contribution in [-0.4, -0.2) is 30.9 Å². The predicted molar refractivity (Wildman–Crippen MR) is 153 cm³/mol. The molecule has 0 unspecified atom stereocenters. The minimum Gasteiger partial charge on any atom is -0.493 e. The SMILES string of the molecule is COc1ccc(-c2cc(-c3ccc(C)cc3)nc(SCC(=O)Nc3ccc(Cl)c(Cl)c3)c2C#N)cc1OC. The van der Waals surface area contributed by atoms with Gasteiger partial charge in [0.15, 0.2) is 11.5 Å². The number of amides is 1. The molecule has 0 radical (unpaired) electrons. The molecule has 38 heavy (non-hydrogen) atoms. The number of thioether (sulfide) groups is 1. The monoisotopic (exact) mass is 563 g/mol. The van der Waals surface area contributed by atoms with Crippen LogP contribution >= 0.6 is 35.0 Å². The highest BCUT2D eigenvalue weighted by Crippen LogP contribution is 2.38. The lowest BCUT2D eigenvalue weighted by Crippen LogP contribution is -2.14. The molecule has 0 aliphatic heterocycles. The first-order valence-corrected chi connectivity index (χ1v) is 13.2. The number of benzene rings is 3. The van der Waals surface area contributed by atoms with Crippen LogP contribution in [0, 0.1) is 18.3 Å². The van der Waals surface area contributed by atoms with E-state index in [-0.39, 0.29) is 11.7 Å². The van der Waals surface area contributed by atoms with Crippen molar-refractivity contribution in [2.75, 3.05) is 25.3 Å². The zero-order valence-corrected chi connectivity index (χ0v) is 23.2. The van der Waals surface area contributed by atoms with Crippen LogP contribution in [0.1, 0.15) is 11.1 Å². The molecule has 4 rings (SSSR count). The van der Waals surface area contributed by atoms with Crippen molar-refractivity contribution in [1.82, 2.24) is 4.98 Å². The lowest BCUT2D eigenvalue weighted by atomic mass is 9.98. The summed E-state index contributed by atoms with van der Waals surface area (Å²) in [6.45, 7) is 2.01. The van der Waals surface area contributed by atoms with Crippen molar-refractivity contribution in [2.24, 2.45) is 0 Å². The number of ether oxygens (including phenoxy) is 2. The summed E-state index contributed by atoms with van der Waals surface area (Å²) in [6.07, 6.45) is 0. The molecule has 0 spiro atoms. The van der Waals surface area contributed by atoms with Gasteiger partial charge in [0.1, 0.15) is 11.1 Å². The number of pyridine rings is 1. The maximum absolute atomic E-state index is 12.7. The summed E-state index contributed by atoms with van der Waals surface area (Å²) < 4.78 is 10.9. The van der Waals surface area contributed by atoms with Crippen molar-refractivity contribution >= 4 is 46.6 Å². The first-order valence-electron chi connectivity index (χ1n) is 11.4. The number of aromatic nitrogens is 1. The summed E-state index contributed by atoms with van der Waals surface area (Å²) in [4.78, 5) is 17.5. The molecule has 3 aromatic carbocycles. The fourth-order valence-corrected chi connectivity index (χ4v) is 4.84. The highest BCUT2D eigenvalue weighted by molar-refractivity contribution is 8.00. The maximum Gasteiger partial charge on any atom is 0.234 e. The molecule has 1 aromatic heterocycles. The Bertz CT molecular complexity index is 1540. The zero-order valence-electron chi connectivity index (χ0n) is 20.8. The van der Waals surface area contributed by atoms with E-state index in [0.717, 1.165) is 16.7 Å². The molecule has 0 atom stereocenters. The van der Waals surface area contributed by atoms with Crippen LogP contribution in [0.15, 0.2) is 71.8 Å². The van der Waals surface area contributed by atoms with Gasteiger partial charge < -0.3 is 14.8 Å². The molecule has 4 aromatic rings. The highest BCUT2D eigenvalue weighted by Gasteiger charge is 2.18. The molecule has 0 bridgehead atoms. The summed E-state index contributed by atoms with van der Waals surface area (Å²) >= 11 is 13.2. The van der Waals surface area contributed by atoms with E-state index < -0.39 is 0 Å². The fraction of sp³-hybridized carbons (Fsp3) is 0.138. The van der Waals surface area contributed by atoms with Crippen LogP contribution < -0.4 is 14.8 Å². The Kier molecular flexibility index (Phi) is 8.80. The van der Waals surface area contributed by atoms with E-state index in [1.54, 1.807) is 38.5 Å². The van der Waals surface area contributed by atoms with Gasteiger partial charge >= 0.3 is 0 Å². The molecule has 0 fully saturated rings. The first-order chi connectivity index (χ1) is 18.3. The number of carbonyl (C=O) groups is 1. The molecule has 0 aliphatic rings. The van der Waals surface area contributed by atoms with Crippen molar-refractivity contribution < 1.29 is 14.3 Å². The zero-order chi connectivity index (χ0) is 27.2. The summed E-state index contributed by atoms with van der Waals surface area (Å²) in [5.41, 5.74) is 5.02. The number of nitrogens with one attached hydrogen (secondary N) is 1. The third kappa shape index (κ3) is 6.22. The van der Waals surface area contributed by atoms with Crippen molar-refractivity contribution in [2.45, 2.75) is 11.9 Å². The molecule has 1 N–H and O–H groups in total. The number of anilines is 1. The van der Waals surface area contributed by atoms with E-state index >= 15 is 0 Å². The Balaban J connectivity index is 1.73. The van der Waals surface area contributed by atoms with Crippen molar-refractivity contribution in [3.05, 3.63) is 87.9 Å². The van der Waals surface area contributed by atoms with Crippen LogP contribution in [0.5, 0.6) is 11.5 Å². The van der Waals surface area contributed by atoms with Gasteiger partial charge in [-0.15, -0.1) is 0 Å². The first kappa shape index (κ1) is 27.3. The third-order valence-electron chi connectivity index (χ3n) is 5.68. The number of halogens is 2. The van der Waals surface area contributed by atoms with E-state index in [1.807, 2.05) is 49.4 Å². The van der Waals surface area contributed by atoms with Crippen LogP contribution in [0.3, 0.4) is 0 Å². The molecular formula is C29H23Cl2N3O3S. The highest BCUT2D eigenvalue weighted by atomic mass is 35.5. The van der Waals surface area contributed by atoms with Crippen LogP contribution in [0.4, 0.5) is 5.69 Å². The smallest absolute Gasteiger partial charge is 0.234 e. The van der Waals surface area contributed by atoms with Gasteiger partial charge in [-0.3, -0.25) is 4.79 Å². The Morgan fingerprint density at radius 2 is 1.66 bits per heavy atom. The molecule has 0 saturated heterocycles. The van der Waals surface area contributed by atoms with Gasteiger partial charge in [-0.2, -0.15) is 5.26 Å². The lowest BCUT2D eigenvalue weighted by Gasteiger charge is -2.14. The van der Waals surface area contributed by atoms with Crippen molar-refractivity contribution in [3.63, 3.8) is 0 Å². The summed E-state index contributed by atoms with van der Waals surface area (Å²) in [5.74, 6) is 0.881. The molecule has 0 aliphatic carbocycles. The number of methoxy groups -OCH3 is 2. The second-order valence-electron chi connectivity index (χ2n) is 8.25. The molecule has 9 heteroatoms. The van der Waals surface area contributed by atoms with Crippen LogP contribution in [-0.2, 0) is 4.79 Å². The average molecular weight is 564 g/mol. The maximum atomic E-state index is 12.7. The summed E-state index contributed by atoms with van der Waals surface area (Å²) in [5, 5.41) is 14.1. The molecule has 0 saturated carbocycles. The Morgan fingerprint density at radius 1 is 0.947 bits per heavy atom. The van der Waals surface area contributed by atoms with Crippen molar-refractivity contribution in [3.8, 4) is 40.0 Å². The fourth-order valence-electron chi connectivity index (χ4n) is 3.74. The molecular weight excluding hydrogens is 541 g/mol. The van der Waals surface area contributed by atoms with Crippen LogP contribution in [0.2, 0.25) is 10.0 Å². The number of rotatable bonds is 8. The number of hydrogen-bond acceptors (Lipinski definition) is 6. The van der Waals surface area contributed by atoms with Gasteiger partial charge in [-0.25, -0.2) is 4.98 Å². The standard InChI is InChI=1S/C29H23Cl2N3O3S/c1-17-4-6-18(7-5-17)25-14-21(19-8-11-26(36-2)27(12-19)37-3)22(15-32)29(34-25)38-16-28(35)33-20-9-10-23(30)24(31)13-20/h4-14H,16H2,1-3H3,(H,33,35). The summed E-state index contributed by atoms with van der Waals surface area (Å²) in [7, 11) is 3.13. The number of nitriles is 1. The Hall–Kier alpha value is -3.70. The lowest BCUT2D eigenvalue weighted by molar-refractivity contribution is -0.113. The van der Waals surface area contributed by atoms with E-state index in [0.29, 0.717) is 49.1 Å². The second-order valence-corrected chi connectivity index (χ2v) is 10.0. The second kappa shape index (κ2) is 12.2. The quantitative estimate of drug-likeness (QED) is 0.221. The molecule has 192 valence electrons. The average Bonchev–Trinajstić information content (AvgIpc) is 2.93. The van der Waals surface area contributed by atoms with E-state index in [2.05, 4.69) is 11.4 Å². The van der Waals surface area contributed by atoms with E-state index in [1.165, 1.54) is 11.8 Å². The summed E-state index contributed by atoms with van der Waals surface area (Å²) in [6, 6.07) is 22.5. The van der Waals surface area contributed by atoms with E-state index in [4.69, 9.17) is 37.7 Å². The third-order valence-corrected chi connectivity index (χ3v) is 7.40.